The van der Waals surface area contributed by atoms with E-state index in [0.717, 1.165) is 23.3 Å². The predicted molar refractivity (Wildman–Crippen MR) is 67.1 cm³/mol. The lowest BCUT2D eigenvalue weighted by molar-refractivity contribution is -0.151. The van der Waals surface area contributed by atoms with E-state index >= 15 is 0 Å². The number of nitrogens with two attached hydrogens (primary N) is 1. The first-order valence-electron chi connectivity index (χ1n) is 5.85. The number of aromatic nitrogens is 2. The van der Waals surface area contributed by atoms with E-state index in [9.17, 15) is 4.79 Å². The number of fused-ring (bicyclic) bond motifs is 1. The van der Waals surface area contributed by atoms with E-state index in [1.54, 1.807) is 0 Å². The van der Waals surface area contributed by atoms with Crippen LogP contribution >= 0.6 is 0 Å². The molecule has 0 aliphatic carbocycles. The Morgan fingerprint density at radius 3 is 3.00 bits per heavy atom. The van der Waals surface area contributed by atoms with Crippen LogP contribution in [-0.2, 0) is 22.6 Å². The highest BCUT2D eigenvalue weighted by Gasteiger charge is 2.10. The number of rotatable bonds is 5. The van der Waals surface area contributed by atoms with Gasteiger partial charge in [-0.05, 0) is 12.1 Å². The maximum Gasteiger partial charge on any atom is 0.328 e. The molecule has 96 valence electrons. The van der Waals surface area contributed by atoms with Crippen LogP contribution in [0.2, 0.25) is 0 Å². The van der Waals surface area contributed by atoms with Crippen molar-refractivity contribution in [1.29, 1.82) is 0 Å². The molecule has 0 radical (unpaired) electrons. The molecule has 0 aliphatic rings. The summed E-state index contributed by atoms with van der Waals surface area (Å²) >= 11 is 0. The van der Waals surface area contributed by atoms with Crippen LogP contribution in [0.15, 0.2) is 24.3 Å². The largest absolute Gasteiger partial charge is 0.356 e. The molecule has 0 atom stereocenters. The molecule has 0 aliphatic heterocycles. The maximum absolute atomic E-state index is 11.3. The highest BCUT2D eigenvalue weighted by molar-refractivity contribution is 5.76. The van der Waals surface area contributed by atoms with Crippen LogP contribution in [-0.4, -0.2) is 15.5 Å². The van der Waals surface area contributed by atoms with E-state index in [2.05, 4.69) is 9.82 Å². The van der Waals surface area contributed by atoms with Gasteiger partial charge in [-0.15, -0.1) is 0 Å². The van der Waals surface area contributed by atoms with Crippen molar-refractivity contribution in [1.82, 2.24) is 15.1 Å². The lowest BCUT2D eigenvalue weighted by atomic mass is 10.3. The molecule has 0 unspecified atom stereocenters. The Morgan fingerprint density at radius 2 is 2.28 bits per heavy atom. The third-order valence-electron chi connectivity index (χ3n) is 2.76. The molecular weight excluding hydrogens is 232 g/mol. The molecule has 3 N–H and O–H groups in total. The van der Waals surface area contributed by atoms with Gasteiger partial charge in [0.15, 0.2) is 0 Å². The first-order valence-corrected chi connectivity index (χ1v) is 5.85. The van der Waals surface area contributed by atoms with Gasteiger partial charge < -0.3 is 9.40 Å². The molecule has 0 fully saturated rings. The van der Waals surface area contributed by atoms with Crippen molar-refractivity contribution in [2.24, 2.45) is 5.84 Å². The zero-order chi connectivity index (χ0) is 13.0. The summed E-state index contributed by atoms with van der Waals surface area (Å²) in [7, 11) is 0. The van der Waals surface area contributed by atoms with Crippen LogP contribution in [0.4, 0.5) is 0 Å². The van der Waals surface area contributed by atoms with Gasteiger partial charge in [-0.25, -0.2) is 10.8 Å². The average molecular weight is 248 g/mol. The number of nitrogens with zero attached hydrogens (tertiary/aromatic N) is 2. The van der Waals surface area contributed by atoms with Crippen molar-refractivity contribution in [2.45, 2.75) is 26.3 Å². The van der Waals surface area contributed by atoms with Gasteiger partial charge >= 0.3 is 5.97 Å². The lowest BCUT2D eigenvalue weighted by Crippen LogP contribution is -2.26. The van der Waals surface area contributed by atoms with Gasteiger partial charge in [0.25, 0.3) is 0 Å². The van der Waals surface area contributed by atoms with Crippen LogP contribution in [0.5, 0.6) is 0 Å². The number of hydrogen-bond acceptors (Lipinski definition) is 5. The third-order valence-corrected chi connectivity index (χ3v) is 2.76. The van der Waals surface area contributed by atoms with Crippen molar-refractivity contribution < 1.29 is 9.63 Å². The van der Waals surface area contributed by atoms with Crippen LogP contribution in [0.3, 0.4) is 0 Å². The van der Waals surface area contributed by atoms with Gasteiger partial charge in [0, 0.05) is 13.0 Å². The molecule has 2 aromatic rings. The Hall–Kier alpha value is -1.92. The van der Waals surface area contributed by atoms with E-state index in [4.69, 9.17) is 5.84 Å². The highest BCUT2D eigenvalue weighted by Crippen LogP contribution is 2.16. The van der Waals surface area contributed by atoms with Gasteiger partial charge in [0.1, 0.15) is 5.82 Å². The Bertz CT molecular complexity index is 550. The van der Waals surface area contributed by atoms with E-state index in [-0.39, 0.29) is 6.42 Å². The van der Waals surface area contributed by atoms with Gasteiger partial charge in [-0.3, -0.25) is 4.79 Å². The summed E-state index contributed by atoms with van der Waals surface area (Å²) in [5, 5.41) is 0. The lowest BCUT2D eigenvalue weighted by Gasteiger charge is -2.07. The van der Waals surface area contributed by atoms with Gasteiger partial charge in [-0.2, -0.15) is 0 Å². The molecular formula is C12H16N4O2. The Labute approximate surface area is 105 Å². The summed E-state index contributed by atoms with van der Waals surface area (Å²) in [4.78, 5) is 20.3. The van der Waals surface area contributed by atoms with E-state index < -0.39 is 5.97 Å². The second-order valence-corrected chi connectivity index (χ2v) is 3.86. The maximum atomic E-state index is 11.3. The highest BCUT2D eigenvalue weighted by atomic mass is 16.7. The molecule has 1 aromatic heterocycles. The van der Waals surface area contributed by atoms with Crippen LogP contribution in [0.1, 0.15) is 19.2 Å². The van der Waals surface area contributed by atoms with Gasteiger partial charge in [0.05, 0.1) is 17.5 Å². The first-order chi connectivity index (χ1) is 8.76. The summed E-state index contributed by atoms with van der Waals surface area (Å²) in [5.74, 6) is 5.48. The normalized spacial score (nSPS) is 10.8. The fraction of sp³-hybridized carbons (Fsp3) is 0.333. The minimum Gasteiger partial charge on any atom is -0.356 e. The fourth-order valence-electron chi connectivity index (χ4n) is 1.96. The standard InChI is InChI=1S/C12H16N4O2/c1-2-11-14-9-5-3-4-6-10(9)16(11)8-7-12(17)18-15-13/h3-6,15H,2,7-8,13H2,1H3. The third kappa shape index (κ3) is 2.49. The van der Waals surface area contributed by atoms with Crippen LogP contribution in [0, 0.1) is 0 Å². The first kappa shape index (κ1) is 12.5. The molecule has 2 rings (SSSR count). The van der Waals surface area contributed by atoms with Gasteiger partial charge in [0.2, 0.25) is 0 Å². The van der Waals surface area contributed by atoms with E-state index in [1.807, 2.05) is 41.3 Å². The number of benzene rings is 1. The summed E-state index contributed by atoms with van der Waals surface area (Å²) in [6, 6.07) is 7.87. The predicted octanol–water partition coefficient (Wildman–Crippen LogP) is 0.910. The second kappa shape index (κ2) is 5.61. The number of nitrogens with one attached hydrogen (secondary N) is 1. The topological polar surface area (TPSA) is 82.2 Å². The molecule has 0 saturated carbocycles. The summed E-state index contributed by atoms with van der Waals surface area (Å²) in [6.07, 6.45) is 1.07. The summed E-state index contributed by atoms with van der Waals surface area (Å²) in [6.45, 7) is 2.57. The Morgan fingerprint density at radius 1 is 1.50 bits per heavy atom. The molecule has 0 saturated heterocycles. The van der Waals surface area contributed by atoms with E-state index in [1.165, 1.54) is 0 Å². The quantitative estimate of drug-likeness (QED) is 0.607. The number of para-hydroxylation sites is 2. The molecule has 1 heterocycles. The van der Waals surface area contributed by atoms with Crippen molar-refractivity contribution in [3.05, 3.63) is 30.1 Å². The number of carbonyl (C=O) groups is 1. The van der Waals surface area contributed by atoms with Crippen molar-refractivity contribution in [2.75, 3.05) is 0 Å². The minimum absolute atomic E-state index is 0.248. The van der Waals surface area contributed by atoms with Crippen molar-refractivity contribution >= 4 is 17.0 Å². The number of aryl methyl sites for hydroxylation is 2. The zero-order valence-electron chi connectivity index (χ0n) is 10.2. The summed E-state index contributed by atoms with van der Waals surface area (Å²) < 4.78 is 2.03. The van der Waals surface area contributed by atoms with Crippen LogP contribution < -0.4 is 11.4 Å². The number of hydrogen-bond donors (Lipinski definition) is 2. The monoisotopic (exact) mass is 248 g/mol. The molecule has 18 heavy (non-hydrogen) atoms. The minimum atomic E-state index is -0.391. The van der Waals surface area contributed by atoms with Gasteiger partial charge in [-0.1, -0.05) is 24.6 Å². The molecule has 0 bridgehead atoms. The SMILES string of the molecule is CCc1nc2ccccc2n1CCC(=O)ONN. The Balaban J connectivity index is 2.23. The summed E-state index contributed by atoms with van der Waals surface area (Å²) in [5.41, 5.74) is 3.86. The second-order valence-electron chi connectivity index (χ2n) is 3.86. The molecule has 0 amide bonds. The Kier molecular flexibility index (Phi) is 3.91. The molecule has 1 aromatic carbocycles. The fourth-order valence-corrected chi connectivity index (χ4v) is 1.96. The molecule has 6 heteroatoms. The molecule has 6 nitrogen and oxygen atoms in total. The number of hydrazine groups is 1. The average Bonchev–Trinajstić information content (AvgIpc) is 2.74. The van der Waals surface area contributed by atoms with Crippen LogP contribution in [0.25, 0.3) is 11.0 Å². The number of imidazole rings is 1. The number of carbonyl (C=O) groups excluding carboxylic acids is 1. The van der Waals surface area contributed by atoms with Crippen molar-refractivity contribution in [3.63, 3.8) is 0 Å². The van der Waals surface area contributed by atoms with E-state index in [0.29, 0.717) is 6.54 Å². The zero-order valence-corrected chi connectivity index (χ0v) is 10.2. The van der Waals surface area contributed by atoms with Crippen molar-refractivity contribution in [3.8, 4) is 0 Å². The molecule has 0 spiro atoms. The smallest absolute Gasteiger partial charge is 0.328 e.